The fraction of sp³-hybridized carbons (Fsp3) is 0.167. The van der Waals surface area contributed by atoms with Crippen LogP contribution in [0, 0.1) is 6.92 Å². The van der Waals surface area contributed by atoms with Crippen molar-refractivity contribution in [2.75, 3.05) is 18.4 Å². The maximum Gasteiger partial charge on any atom is 0.264 e. The molecule has 2 amide bonds. The van der Waals surface area contributed by atoms with Crippen LogP contribution in [0.2, 0.25) is 0 Å². The van der Waals surface area contributed by atoms with Crippen LogP contribution in [0.1, 0.15) is 31.8 Å². The second kappa shape index (κ2) is 9.65. The molecule has 0 aliphatic heterocycles. The second-order valence-electron chi connectivity index (χ2n) is 7.29. The molecular formula is C24H25N3O4S. The van der Waals surface area contributed by atoms with Crippen LogP contribution in [0.15, 0.2) is 77.7 Å². The first kappa shape index (κ1) is 23.0. The average Bonchev–Trinajstić information content (AvgIpc) is 2.82. The molecular weight excluding hydrogens is 426 g/mol. The molecule has 0 unspecified atom stereocenters. The second-order valence-corrected chi connectivity index (χ2v) is 9.26. The van der Waals surface area contributed by atoms with Gasteiger partial charge in [0.1, 0.15) is 0 Å². The number of hydrogen-bond acceptors (Lipinski definition) is 4. The van der Waals surface area contributed by atoms with Gasteiger partial charge in [0.25, 0.3) is 21.8 Å². The minimum absolute atomic E-state index is 0.196. The predicted molar refractivity (Wildman–Crippen MR) is 124 cm³/mol. The SMILES string of the molecule is CNC(=O)c1cccc(CNC(=O)c2ccc(N(C)S(=O)(=O)c3ccc(C)cc3)cc2)c1. The van der Waals surface area contributed by atoms with Crippen molar-refractivity contribution >= 4 is 27.5 Å². The maximum absolute atomic E-state index is 12.8. The zero-order chi connectivity index (χ0) is 23.3. The lowest BCUT2D eigenvalue weighted by Gasteiger charge is -2.20. The van der Waals surface area contributed by atoms with Gasteiger partial charge in [-0.15, -0.1) is 0 Å². The Morgan fingerprint density at radius 3 is 2.16 bits per heavy atom. The number of benzene rings is 3. The third-order valence-electron chi connectivity index (χ3n) is 5.04. The Balaban J connectivity index is 1.68. The first-order chi connectivity index (χ1) is 15.2. The molecule has 3 rings (SSSR count). The van der Waals surface area contributed by atoms with Crippen LogP contribution in [0.3, 0.4) is 0 Å². The van der Waals surface area contributed by atoms with Gasteiger partial charge >= 0.3 is 0 Å². The Morgan fingerprint density at radius 1 is 0.875 bits per heavy atom. The van der Waals surface area contributed by atoms with E-state index in [1.807, 2.05) is 13.0 Å². The lowest BCUT2D eigenvalue weighted by molar-refractivity contribution is 0.0948. The molecule has 0 atom stereocenters. The summed E-state index contributed by atoms with van der Waals surface area (Å²) in [6.07, 6.45) is 0. The Kier molecular flexibility index (Phi) is 6.95. The molecule has 8 heteroatoms. The number of nitrogens with one attached hydrogen (secondary N) is 2. The molecule has 166 valence electrons. The van der Waals surface area contributed by atoms with Crippen LogP contribution in [0.25, 0.3) is 0 Å². The Hall–Kier alpha value is -3.65. The molecule has 0 aliphatic carbocycles. The Labute approximate surface area is 188 Å². The van der Waals surface area contributed by atoms with E-state index >= 15 is 0 Å². The molecule has 0 saturated heterocycles. The van der Waals surface area contributed by atoms with Crippen LogP contribution in [0.5, 0.6) is 0 Å². The van der Waals surface area contributed by atoms with Crippen molar-refractivity contribution in [3.63, 3.8) is 0 Å². The van der Waals surface area contributed by atoms with Gasteiger partial charge in [0.05, 0.1) is 10.6 Å². The summed E-state index contributed by atoms with van der Waals surface area (Å²) in [5.74, 6) is -0.496. The lowest BCUT2D eigenvalue weighted by Crippen LogP contribution is -2.27. The van der Waals surface area contributed by atoms with Crippen molar-refractivity contribution in [1.29, 1.82) is 0 Å². The molecule has 0 aromatic heterocycles. The number of sulfonamides is 1. The highest BCUT2D eigenvalue weighted by Gasteiger charge is 2.21. The number of nitrogens with zero attached hydrogens (tertiary/aromatic N) is 1. The minimum atomic E-state index is -3.70. The molecule has 0 bridgehead atoms. The summed E-state index contributed by atoms with van der Waals surface area (Å²) in [5, 5.41) is 5.37. The van der Waals surface area contributed by atoms with Gasteiger partial charge in [-0.2, -0.15) is 0 Å². The third-order valence-corrected chi connectivity index (χ3v) is 6.84. The Bertz CT molecular complexity index is 1220. The zero-order valence-electron chi connectivity index (χ0n) is 18.1. The summed E-state index contributed by atoms with van der Waals surface area (Å²) in [6, 6.07) is 20.0. The fourth-order valence-corrected chi connectivity index (χ4v) is 4.28. The van der Waals surface area contributed by atoms with E-state index in [9.17, 15) is 18.0 Å². The molecule has 3 aromatic rings. The van der Waals surface area contributed by atoms with E-state index in [2.05, 4.69) is 10.6 Å². The minimum Gasteiger partial charge on any atom is -0.355 e. The molecule has 2 N–H and O–H groups in total. The van der Waals surface area contributed by atoms with E-state index in [0.717, 1.165) is 11.1 Å². The number of rotatable bonds is 7. The van der Waals surface area contributed by atoms with Crippen LogP contribution < -0.4 is 14.9 Å². The van der Waals surface area contributed by atoms with Crippen molar-refractivity contribution in [3.8, 4) is 0 Å². The molecule has 0 radical (unpaired) electrons. The van der Waals surface area contributed by atoms with Gasteiger partial charge < -0.3 is 10.6 Å². The van der Waals surface area contributed by atoms with Crippen molar-refractivity contribution in [1.82, 2.24) is 10.6 Å². The van der Waals surface area contributed by atoms with E-state index in [1.54, 1.807) is 73.8 Å². The number of hydrogen-bond donors (Lipinski definition) is 2. The topological polar surface area (TPSA) is 95.6 Å². The van der Waals surface area contributed by atoms with Gasteiger partial charge in [0.15, 0.2) is 0 Å². The molecule has 0 fully saturated rings. The zero-order valence-corrected chi connectivity index (χ0v) is 18.9. The standard InChI is InChI=1S/C24H25N3O4S/c1-17-7-13-22(14-8-17)32(30,31)27(3)21-11-9-19(10-12-21)24(29)26-16-18-5-4-6-20(15-18)23(28)25-2/h4-15H,16H2,1-3H3,(H,25,28)(H,26,29). The van der Waals surface area contributed by atoms with E-state index < -0.39 is 10.0 Å². The summed E-state index contributed by atoms with van der Waals surface area (Å²) >= 11 is 0. The van der Waals surface area contributed by atoms with Gasteiger partial charge in [-0.1, -0.05) is 29.8 Å². The summed E-state index contributed by atoms with van der Waals surface area (Å²) in [7, 11) is -0.666. The molecule has 32 heavy (non-hydrogen) atoms. The van der Waals surface area contributed by atoms with Crippen LogP contribution in [-0.4, -0.2) is 34.3 Å². The van der Waals surface area contributed by atoms with Crippen molar-refractivity contribution in [2.45, 2.75) is 18.4 Å². The summed E-state index contributed by atoms with van der Waals surface area (Å²) < 4.78 is 26.9. The summed E-state index contributed by atoms with van der Waals surface area (Å²) in [5.41, 5.74) is 3.13. The molecule has 0 saturated carbocycles. The van der Waals surface area contributed by atoms with E-state index in [4.69, 9.17) is 0 Å². The molecule has 3 aromatic carbocycles. The maximum atomic E-state index is 12.8. The molecule has 0 heterocycles. The quantitative estimate of drug-likeness (QED) is 0.577. The fourth-order valence-electron chi connectivity index (χ4n) is 3.08. The Morgan fingerprint density at radius 2 is 1.53 bits per heavy atom. The predicted octanol–water partition coefficient (Wildman–Crippen LogP) is 3.11. The van der Waals surface area contributed by atoms with Gasteiger partial charge in [0.2, 0.25) is 0 Å². The lowest BCUT2D eigenvalue weighted by atomic mass is 10.1. The number of anilines is 1. The van der Waals surface area contributed by atoms with Gasteiger partial charge in [0, 0.05) is 31.8 Å². The highest BCUT2D eigenvalue weighted by molar-refractivity contribution is 7.92. The molecule has 0 aliphatic rings. The average molecular weight is 452 g/mol. The van der Waals surface area contributed by atoms with Gasteiger partial charge in [-0.05, 0) is 61.0 Å². The van der Waals surface area contributed by atoms with Crippen LogP contribution >= 0.6 is 0 Å². The summed E-state index contributed by atoms with van der Waals surface area (Å²) in [6.45, 7) is 2.15. The van der Waals surface area contributed by atoms with E-state index in [-0.39, 0.29) is 23.3 Å². The first-order valence-corrected chi connectivity index (χ1v) is 11.4. The highest BCUT2D eigenvalue weighted by atomic mass is 32.2. The van der Waals surface area contributed by atoms with Crippen molar-refractivity contribution in [2.24, 2.45) is 0 Å². The third kappa shape index (κ3) is 5.15. The van der Waals surface area contributed by atoms with Crippen molar-refractivity contribution in [3.05, 3.63) is 95.1 Å². The van der Waals surface area contributed by atoms with Gasteiger partial charge in [-0.25, -0.2) is 8.42 Å². The van der Waals surface area contributed by atoms with E-state index in [1.165, 1.54) is 11.4 Å². The number of amides is 2. The van der Waals surface area contributed by atoms with Gasteiger partial charge in [-0.3, -0.25) is 13.9 Å². The van der Waals surface area contributed by atoms with E-state index in [0.29, 0.717) is 16.8 Å². The first-order valence-electron chi connectivity index (χ1n) is 9.97. The van der Waals surface area contributed by atoms with Crippen LogP contribution in [-0.2, 0) is 16.6 Å². The largest absolute Gasteiger partial charge is 0.355 e. The monoisotopic (exact) mass is 451 g/mol. The number of carbonyl (C=O) groups excluding carboxylic acids is 2. The number of aryl methyl sites for hydroxylation is 1. The van der Waals surface area contributed by atoms with Crippen LogP contribution in [0.4, 0.5) is 5.69 Å². The smallest absolute Gasteiger partial charge is 0.264 e. The highest BCUT2D eigenvalue weighted by Crippen LogP contribution is 2.22. The normalized spacial score (nSPS) is 11.0. The van der Waals surface area contributed by atoms with Crippen molar-refractivity contribution < 1.29 is 18.0 Å². The number of carbonyl (C=O) groups is 2. The molecule has 0 spiro atoms. The molecule has 7 nitrogen and oxygen atoms in total. The summed E-state index contributed by atoms with van der Waals surface area (Å²) in [4.78, 5) is 24.4.